The molecule has 1 rings (SSSR count). The molecule has 0 aliphatic heterocycles. The van der Waals surface area contributed by atoms with E-state index in [0.29, 0.717) is 6.61 Å². The molecule has 0 aromatic rings. The highest BCUT2D eigenvalue weighted by Crippen LogP contribution is 2.18. The largest absolute Gasteiger partial charge is 0.396 e. The van der Waals surface area contributed by atoms with Gasteiger partial charge in [0.15, 0.2) is 0 Å². The summed E-state index contributed by atoms with van der Waals surface area (Å²) >= 11 is 0. The van der Waals surface area contributed by atoms with Gasteiger partial charge in [-0.25, -0.2) is 0 Å². The van der Waals surface area contributed by atoms with Crippen LogP contribution in [0.3, 0.4) is 0 Å². The first-order chi connectivity index (χ1) is 6.93. The predicted molar refractivity (Wildman–Crippen MR) is 59.4 cm³/mol. The summed E-state index contributed by atoms with van der Waals surface area (Å²) in [6.45, 7) is 3.72. The molecule has 0 saturated heterocycles. The third-order valence-corrected chi connectivity index (χ3v) is 2.55. The monoisotopic (exact) mass is 200 g/mol. The van der Waals surface area contributed by atoms with Gasteiger partial charge in [0, 0.05) is 12.6 Å². The van der Waals surface area contributed by atoms with Crippen LogP contribution in [-0.2, 0) is 0 Å². The molecule has 1 fully saturated rings. The quantitative estimate of drug-likeness (QED) is 0.459. The molecule has 1 aliphatic rings. The predicted octanol–water partition coefficient (Wildman–Crippen LogP) is 0.881. The SMILES string of the molecule is OCCCCCNCCCNC1CC1. The molecule has 0 spiro atoms. The second-order valence-electron chi connectivity index (χ2n) is 4.12. The lowest BCUT2D eigenvalue weighted by atomic mass is 10.2. The molecule has 1 saturated carbocycles. The average Bonchev–Trinajstić information content (AvgIpc) is 2.99. The first kappa shape index (κ1) is 12.0. The van der Waals surface area contributed by atoms with Crippen LogP contribution in [0.2, 0.25) is 0 Å². The third kappa shape index (κ3) is 7.30. The van der Waals surface area contributed by atoms with Gasteiger partial charge in [0.25, 0.3) is 0 Å². The lowest BCUT2D eigenvalue weighted by Crippen LogP contribution is -2.23. The zero-order chi connectivity index (χ0) is 10.1. The Hall–Kier alpha value is -0.120. The van der Waals surface area contributed by atoms with Crippen LogP contribution in [0.1, 0.15) is 38.5 Å². The van der Waals surface area contributed by atoms with Crippen molar-refractivity contribution in [2.24, 2.45) is 0 Å². The highest BCUT2D eigenvalue weighted by Gasteiger charge is 2.19. The van der Waals surface area contributed by atoms with Crippen molar-refractivity contribution < 1.29 is 5.11 Å². The smallest absolute Gasteiger partial charge is 0.0431 e. The Morgan fingerprint density at radius 3 is 2.43 bits per heavy atom. The Morgan fingerprint density at radius 1 is 0.929 bits per heavy atom. The maximum Gasteiger partial charge on any atom is 0.0431 e. The number of aliphatic hydroxyl groups is 1. The van der Waals surface area contributed by atoms with Gasteiger partial charge in [0.1, 0.15) is 0 Å². The van der Waals surface area contributed by atoms with Crippen LogP contribution < -0.4 is 10.6 Å². The fourth-order valence-electron chi connectivity index (χ4n) is 1.47. The maximum atomic E-state index is 8.57. The summed E-state index contributed by atoms with van der Waals surface area (Å²) in [5, 5.41) is 15.5. The minimum atomic E-state index is 0.339. The van der Waals surface area contributed by atoms with E-state index in [-0.39, 0.29) is 0 Å². The molecule has 0 radical (unpaired) electrons. The summed E-state index contributed by atoms with van der Waals surface area (Å²) in [5.74, 6) is 0. The van der Waals surface area contributed by atoms with E-state index in [0.717, 1.165) is 38.5 Å². The first-order valence-corrected chi connectivity index (χ1v) is 5.98. The van der Waals surface area contributed by atoms with Gasteiger partial charge in [-0.05, 0) is 58.2 Å². The zero-order valence-electron chi connectivity index (χ0n) is 9.10. The van der Waals surface area contributed by atoms with Crippen molar-refractivity contribution >= 4 is 0 Å². The summed E-state index contributed by atoms with van der Waals surface area (Å²) < 4.78 is 0. The van der Waals surface area contributed by atoms with Gasteiger partial charge in [-0.15, -0.1) is 0 Å². The Morgan fingerprint density at radius 2 is 1.71 bits per heavy atom. The number of hydrogen-bond acceptors (Lipinski definition) is 3. The maximum absolute atomic E-state index is 8.57. The molecule has 3 heteroatoms. The molecule has 0 atom stereocenters. The van der Waals surface area contributed by atoms with E-state index in [2.05, 4.69) is 10.6 Å². The van der Waals surface area contributed by atoms with Gasteiger partial charge in [0.2, 0.25) is 0 Å². The number of hydrogen-bond donors (Lipinski definition) is 3. The van der Waals surface area contributed by atoms with Crippen molar-refractivity contribution in [3.63, 3.8) is 0 Å². The van der Waals surface area contributed by atoms with Crippen molar-refractivity contribution in [1.82, 2.24) is 10.6 Å². The van der Waals surface area contributed by atoms with E-state index in [1.807, 2.05) is 0 Å². The molecule has 0 heterocycles. The zero-order valence-corrected chi connectivity index (χ0v) is 9.10. The molecule has 0 aromatic heterocycles. The Bertz CT molecular complexity index is 126. The molecule has 3 N–H and O–H groups in total. The van der Waals surface area contributed by atoms with E-state index >= 15 is 0 Å². The van der Waals surface area contributed by atoms with Crippen LogP contribution in [0.15, 0.2) is 0 Å². The summed E-state index contributed by atoms with van der Waals surface area (Å²) in [4.78, 5) is 0. The summed E-state index contributed by atoms with van der Waals surface area (Å²) in [6, 6.07) is 0.847. The highest BCUT2D eigenvalue weighted by molar-refractivity contribution is 4.80. The molecular formula is C11H24N2O. The van der Waals surface area contributed by atoms with Crippen LogP contribution >= 0.6 is 0 Å². The van der Waals surface area contributed by atoms with Gasteiger partial charge >= 0.3 is 0 Å². The van der Waals surface area contributed by atoms with Crippen molar-refractivity contribution in [3.8, 4) is 0 Å². The topological polar surface area (TPSA) is 44.3 Å². The number of nitrogens with one attached hydrogen (secondary N) is 2. The molecular weight excluding hydrogens is 176 g/mol. The van der Waals surface area contributed by atoms with E-state index in [4.69, 9.17) is 5.11 Å². The number of rotatable bonds is 10. The van der Waals surface area contributed by atoms with Crippen LogP contribution in [0, 0.1) is 0 Å². The summed E-state index contributed by atoms with van der Waals surface area (Å²) in [7, 11) is 0. The molecule has 0 aromatic carbocycles. The second-order valence-corrected chi connectivity index (χ2v) is 4.12. The highest BCUT2D eigenvalue weighted by atomic mass is 16.2. The van der Waals surface area contributed by atoms with Gasteiger partial charge < -0.3 is 15.7 Å². The molecule has 14 heavy (non-hydrogen) atoms. The lowest BCUT2D eigenvalue weighted by molar-refractivity contribution is 0.283. The van der Waals surface area contributed by atoms with E-state index in [9.17, 15) is 0 Å². The number of aliphatic hydroxyl groups excluding tert-OH is 1. The van der Waals surface area contributed by atoms with Crippen molar-refractivity contribution in [1.29, 1.82) is 0 Å². The Balaban J connectivity index is 1.63. The fourth-order valence-corrected chi connectivity index (χ4v) is 1.47. The minimum Gasteiger partial charge on any atom is -0.396 e. The minimum absolute atomic E-state index is 0.339. The van der Waals surface area contributed by atoms with E-state index in [1.165, 1.54) is 25.7 Å². The van der Waals surface area contributed by atoms with Crippen molar-refractivity contribution in [2.75, 3.05) is 26.2 Å². The first-order valence-electron chi connectivity index (χ1n) is 5.98. The molecule has 0 bridgehead atoms. The lowest BCUT2D eigenvalue weighted by Gasteiger charge is -2.04. The third-order valence-electron chi connectivity index (χ3n) is 2.55. The molecule has 84 valence electrons. The molecule has 1 aliphatic carbocycles. The number of unbranched alkanes of at least 4 members (excludes halogenated alkanes) is 2. The Labute approximate surface area is 87.3 Å². The van der Waals surface area contributed by atoms with Crippen LogP contribution in [-0.4, -0.2) is 37.4 Å². The standard InChI is InChI=1S/C11H24N2O/c14-10-3-1-2-7-12-8-4-9-13-11-5-6-11/h11-14H,1-10H2. The average molecular weight is 200 g/mol. The van der Waals surface area contributed by atoms with Gasteiger partial charge in [-0.3, -0.25) is 0 Å². The molecule has 3 nitrogen and oxygen atoms in total. The van der Waals surface area contributed by atoms with Crippen molar-refractivity contribution in [2.45, 2.75) is 44.6 Å². The Kier molecular flexibility index (Phi) is 7.01. The van der Waals surface area contributed by atoms with Gasteiger partial charge in [0.05, 0.1) is 0 Å². The summed E-state index contributed by atoms with van der Waals surface area (Å²) in [6.07, 6.45) is 7.28. The fraction of sp³-hybridized carbons (Fsp3) is 1.00. The molecule has 0 amide bonds. The van der Waals surface area contributed by atoms with Crippen LogP contribution in [0.25, 0.3) is 0 Å². The second kappa shape index (κ2) is 8.21. The van der Waals surface area contributed by atoms with E-state index < -0.39 is 0 Å². The molecule has 0 unspecified atom stereocenters. The van der Waals surface area contributed by atoms with E-state index in [1.54, 1.807) is 0 Å². The van der Waals surface area contributed by atoms with Gasteiger partial charge in [-0.1, -0.05) is 0 Å². The van der Waals surface area contributed by atoms with Crippen LogP contribution in [0.5, 0.6) is 0 Å². The van der Waals surface area contributed by atoms with Crippen molar-refractivity contribution in [3.05, 3.63) is 0 Å². The normalized spacial score (nSPS) is 16.1. The summed E-state index contributed by atoms with van der Waals surface area (Å²) in [5.41, 5.74) is 0. The van der Waals surface area contributed by atoms with Crippen LogP contribution in [0.4, 0.5) is 0 Å². The van der Waals surface area contributed by atoms with Gasteiger partial charge in [-0.2, -0.15) is 0 Å².